The Kier molecular flexibility index (Phi) is 4.68. The van der Waals surface area contributed by atoms with Crippen LogP contribution in [0.5, 0.6) is 5.75 Å². The third-order valence-corrected chi connectivity index (χ3v) is 4.70. The standard InChI is InChI=1S/C18H22N6O2/c1-26-14-4-2-13(3-5-14)15-16-17(20-12-19-16)22-18(21-15)24-8-6-23(7-9-24)10-11-25/h2-5,12,25H,6-11H2,1H3,(H,19,20,21,22). The number of imidazole rings is 1. The Morgan fingerprint density at radius 2 is 1.88 bits per heavy atom. The normalized spacial score (nSPS) is 15.5. The van der Waals surface area contributed by atoms with Gasteiger partial charge in [0.05, 0.1) is 20.0 Å². The smallest absolute Gasteiger partial charge is 0.228 e. The van der Waals surface area contributed by atoms with E-state index in [1.807, 2.05) is 24.3 Å². The lowest BCUT2D eigenvalue weighted by Gasteiger charge is -2.34. The number of fused-ring (bicyclic) bond motifs is 1. The van der Waals surface area contributed by atoms with Gasteiger partial charge in [0, 0.05) is 38.3 Å². The van der Waals surface area contributed by atoms with E-state index in [2.05, 4.69) is 24.8 Å². The molecule has 0 aliphatic carbocycles. The second-order valence-electron chi connectivity index (χ2n) is 6.25. The summed E-state index contributed by atoms with van der Waals surface area (Å²) in [6.07, 6.45) is 1.65. The number of aromatic amines is 1. The lowest BCUT2D eigenvalue weighted by atomic mass is 10.1. The molecule has 1 aromatic carbocycles. The molecule has 0 saturated carbocycles. The maximum absolute atomic E-state index is 9.10. The molecule has 0 spiro atoms. The molecule has 3 heterocycles. The number of aliphatic hydroxyl groups excluding tert-OH is 1. The Morgan fingerprint density at radius 1 is 1.12 bits per heavy atom. The zero-order valence-electron chi connectivity index (χ0n) is 14.7. The number of methoxy groups -OCH3 is 1. The molecule has 8 nitrogen and oxygen atoms in total. The van der Waals surface area contributed by atoms with Crippen molar-refractivity contribution >= 4 is 17.1 Å². The number of rotatable bonds is 5. The van der Waals surface area contributed by atoms with Gasteiger partial charge in [-0.3, -0.25) is 4.90 Å². The first-order valence-electron chi connectivity index (χ1n) is 8.72. The van der Waals surface area contributed by atoms with Crippen LogP contribution in [0.2, 0.25) is 0 Å². The van der Waals surface area contributed by atoms with Gasteiger partial charge < -0.3 is 19.7 Å². The highest BCUT2D eigenvalue weighted by molar-refractivity contribution is 5.88. The Labute approximate surface area is 151 Å². The highest BCUT2D eigenvalue weighted by Gasteiger charge is 2.21. The molecule has 0 bridgehead atoms. The fourth-order valence-electron chi connectivity index (χ4n) is 3.23. The summed E-state index contributed by atoms with van der Waals surface area (Å²) in [5.74, 6) is 1.51. The van der Waals surface area contributed by atoms with Crippen molar-refractivity contribution in [3.8, 4) is 17.0 Å². The van der Waals surface area contributed by atoms with E-state index >= 15 is 0 Å². The number of piperazine rings is 1. The van der Waals surface area contributed by atoms with Crippen molar-refractivity contribution in [2.45, 2.75) is 0 Å². The van der Waals surface area contributed by atoms with Crippen LogP contribution >= 0.6 is 0 Å². The van der Waals surface area contributed by atoms with Gasteiger partial charge in [-0.05, 0) is 24.3 Å². The molecule has 26 heavy (non-hydrogen) atoms. The number of nitrogens with one attached hydrogen (secondary N) is 1. The molecular formula is C18H22N6O2. The summed E-state index contributed by atoms with van der Waals surface area (Å²) in [4.78, 5) is 21.4. The number of aromatic nitrogens is 4. The van der Waals surface area contributed by atoms with Crippen LogP contribution in [0.25, 0.3) is 22.4 Å². The second kappa shape index (κ2) is 7.27. The van der Waals surface area contributed by atoms with E-state index in [9.17, 15) is 0 Å². The van der Waals surface area contributed by atoms with Crippen LogP contribution in [0.3, 0.4) is 0 Å². The van der Waals surface area contributed by atoms with Crippen molar-refractivity contribution in [3.05, 3.63) is 30.6 Å². The Morgan fingerprint density at radius 3 is 2.58 bits per heavy atom. The molecule has 1 fully saturated rings. The van der Waals surface area contributed by atoms with Crippen LogP contribution in [0.1, 0.15) is 0 Å². The number of nitrogens with zero attached hydrogens (tertiary/aromatic N) is 5. The number of benzene rings is 1. The minimum atomic E-state index is 0.193. The fourth-order valence-corrected chi connectivity index (χ4v) is 3.23. The van der Waals surface area contributed by atoms with E-state index in [4.69, 9.17) is 14.8 Å². The molecule has 8 heteroatoms. The summed E-state index contributed by atoms with van der Waals surface area (Å²) in [6.45, 7) is 4.36. The van der Waals surface area contributed by atoms with E-state index < -0.39 is 0 Å². The molecular weight excluding hydrogens is 332 g/mol. The maximum Gasteiger partial charge on any atom is 0.228 e. The molecule has 4 rings (SSSR count). The van der Waals surface area contributed by atoms with Crippen molar-refractivity contribution in [2.75, 3.05) is 51.3 Å². The summed E-state index contributed by atoms with van der Waals surface area (Å²) in [5, 5.41) is 9.10. The first-order chi connectivity index (χ1) is 12.8. The molecule has 0 amide bonds. The molecule has 1 aliphatic heterocycles. The third kappa shape index (κ3) is 3.21. The molecule has 2 aromatic heterocycles. The number of H-pyrrole nitrogens is 1. The van der Waals surface area contributed by atoms with Crippen LogP contribution in [-0.4, -0.2) is 76.4 Å². The summed E-state index contributed by atoms with van der Waals surface area (Å²) in [5.41, 5.74) is 3.29. The summed E-state index contributed by atoms with van der Waals surface area (Å²) >= 11 is 0. The average Bonchev–Trinajstić information content (AvgIpc) is 3.17. The zero-order valence-corrected chi connectivity index (χ0v) is 14.7. The van der Waals surface area contributed by atoms with Crippen LogP contribution < -0.4 is 9.64 Å². The van der Waals surface area contributed by atoms with Gasteiger partial charge in [-0.2, -0.15) is 4.98 Å². The summed E-state index contributed by atoms with van der Waals surface area (Å²) in [6, 6.07) is 7.81. The molecule has 2 N–H and O–H groups in total. The average molecular weight is 354 g/mol. The van der Waals surface area contributed by atoms with Crippen molar-refractivity contribution < 1.29 is 9.84 Å². The SMILES string of the molecule is COc1ccc(-c2nc(N3CCN(CCO)CC3)nc3[nH]cnc23)cc1. The molecule has 1 aliphatic rings. The first-order valence-corrected chi connectivity index (χ1v) is 8.72. The summed E-state index contributed by atoms with van der Waals surface area (Å²) < 4.78 is 5.24. The highest BCUT2D eigenvalue weighted by atomic mass is 16.5. The minimum Gasteiger partial charge on any atom is -0.497 e. The van der Waals surface area contributed by atoms with Crippen molar-refractivity contribution in [2.24, 2.45) is 0 Å². The van der Waals surface area contributed by atoms with Gasteiger partial charge >= 0.3 is 0 Å². The lowest BCUT2D eigenvalue weighted by molar-refractivity contribution is 0.188. The largest absolute Gasteiger partial charge is 0.497 e. The van der Waals surface area contributed by atoms with Crippen LogP contribution in [0.4, 0.5) is 5.95 Å². The number of hydrogen-bond donors (Lipinski definition) is 2. The van der Waals surface area contributed by atoms with Gasteiger partial charge in [-0.1, -0.05) is 0 Å². The lowest BCUT2D eigenvalue weighted by Crippen LogP contribution is -2.47. The van der Waals surface area contributed by atoms with E-state index in [1.165, 1.54) is 0 Å². The predicted molar refractivity (Wildman–Crippen MR) is 99.4 cm³/mol. The second-order valence-corrected chi connectivity index (χ2v) is 6.25. The molecule has 1 saturated heterocycles. The van der Waals surface area contributed by atoms with Gasteiger partial charge in [-0.15, -0.1) is 0 Å². The quantitative estimate of drug-likeness (QED) is 0.710. The molecule has 0 atom stereocenters. The molecule has 0 unspecified atom stereocenters. The minimum absolute atomic E-state index is 0.193. The summed E-state index contributed by atoms with van der Waals surface area (Å²) in [7, 11) is 1.65. The Balaban J connectivity index is 1.66. The monoisotopic (exact) mass is 354 g/mol. The van der Waals surface area contributed by atoms with E-state index in [1.54, 1.807) is 13.4 Å². The number of anilines is 1. The van der Waals surface area contributed by atoms with Crippen molar-refractivity contribution in [1.82, 2.24) is 24.8 Å². The number of aliphatic hydroxyl groups is 1. The van der Waals surface area contributed by atoms with Gasteiger partial charge in [0.1, 0.15) is 17.0 Å². The third-order valence-electron chi connectivity index (χ3n) is 4.70. The Hall–Kier alpha value is -2.71. The van der Waals surface area contributed by atoms with Crippen LogP contribution in [0, 0.1) is 0 Å². The van der Waals surface area contributed by atoms with E-state index in [0.29, 0.717) is 12.5 Å². The molecule has 3 aromatic rings. The maximum atomic E-state index is 9.10. The van der Waals surface area contributed by atoms with Crippen LogP contribution in [-0.2, 0) is 0 Å². The topological polar surface area (TPSA) is 90.4 Å². The highest BCUT2D eigenvalue weighted by Crippen LogP contribution is 2.28. The van der Waals surface area contributed by atoms with E-state index in [-0.39, 0.29) is 6.61 Å². The number of ether oxygens (including phenoxy) is 1. The van der Waals surface area contributed by atoms with Gasteiger partial charge in [-0.25, -0.2) is 9.97 Å². The Bertz CT molecular complexity index is 871. The fraction of sp³-hybridized carbons (Fsp3) is 0.389. The van der Waals surface area contributed by atoms with Gasteiger partial charge in [0.15, 0.2) is 5.65 Å². The van der Waals surface area contributed by atoms with Crippen molar-refractivity contribution in [1.29, 1.82) is 0 Å². The first kappa shape index (κ1) is 16.7. The van der Waals surface area contributed by atoms with Crippen LogP contribution in [0.15, 0.2) is 30.6 Å². The molecule has 136 valence electrons. The van der Waals surface area contributed by atoms with Gasteiger partial charge in [0.25, 0.3) is 0 Å². The molecule has 0 radical (unpaired) electrons. The number of hydrogen-bond acceptors (Lipinski definition) is 7. The van der Waals surface area contributed by atoms with Gasteiger partial charge in [0.2, 0.25) is 5.95 Å². The van der Waals surface area contributed by atoms with Crippen molar-refractivity contribution in [3.63, 3.8) is 0 Å². The zero-order chi connectivity index (χ0) is 17.9. The van der Waals surface area contributed by atoms with E-state index in [0.717, 1.165) is 54.3 Å². The predicted octanol–water partition coefficient (Wildman–Crippen LogP) is 1.14. The number of β-amino-alcohol motifs (C(OH)–C–C–N with tert-alkyl or cyclic N) is 1.